The molecule has 2 aromatic rings. The summed E-state index contributed by atoms with van der Waals surface area (Å²) < 4.78 is 11.6. The number of benzene rings is 2. The monoisotopic (exact) mass is 448 g/mol. The molecule has 0 saturated heterocycles. The molecule has 7 heteroatoms. The molecule has 1 aliphatic carbocycles. The number of hydrogen-bond acceptors (Lipinski definition) is 4. The van der Waals surface area contributed by atoms with E-state index < -0.39 is 0 Å². The van der Waals surface area contributed by atoms with E-state index in [-0.39, 0.29) is 17.2 Å². The van der Waals surface area contributed by atoms with Crippen molar-refractivity contribution in [3.63, 3.8) is 0 Å². The average molecular weight is 449 g/mol. The first-order valence-electron chi connectivity index (χ1n) is 11.9. The highest BCUT2D eigenvalue weighted by molar-refractivity contribution is 5.94. The van der Waals surface area contributed by atoms with Crippen molar-refractivity contribution in [3.05, 3.63) is 53.6 Å². The van der Waals surface area contributed by atoms with E-state index in [0.29, 0.717) is 26.2 Å². The minimum absolute atomic E-state index is 0.0464. The van der Waals surface area contributed by atoms with Crippen LogP contribution >= 0.6 is 0 Å². The Morgan fingerprint density at radius 3 is 2.70 bits per heavy atom. The molecule has 0 bridgehead atoms. The number of nitrogens with one attached hydrogen (secondary N) is 3. The molecule has 5 rings (SSSR count). The maximum Gasteiger partial charge on any atom is 0.225 e. The van der Waals surface area contributed by atoms with Gasteiger partial charge < -0.3 is 25.4 Å². The summed E-state index contributed by atoms with van der Waals surface area (Å²) in [4.78, 5) is 16.6. The van der Waals surface area contributed by atoms with E-state index in [4.69, 9.17) is 9.47 Å². The zero-order valence-electron chi connectivity index (χ0n) is 19.2. The van der Waals surface area contributed by atoms with Gasteiger partial charge in [-0.3, -0.25) is 9.79 Å². The van der Waals surface area contributed by atoms with Crippen LogP contribution in [0.3, 0.4) is 0 Å². The number of hydrogen-bond donors (Lipinski definition) is 3. The van der Waals surface area contributed by atoms with Crippen LogP contribution in [0.4, 0.5) is 5.69 Å². The summed E-state index contributed by atoms with van der Waals surface area (Å²) in [6.07, 6.45) is 5.17. The van der Waals surface area contributed by atoms with Gasteiger partial charge in [0, 0.05) is 43.6 Å². The number of guanidine groups is 1. The van der Waals surface area contributed by atoms with Crippen LogP contribution in [0.25, 0.3) is 0 Å². The highest BCUT2D eigenvalue weighted by Gasteiger charge is 2.36. The number of carbonyl (C=O) groups is 1. The lowest BCUT2D eigenvalue weighted by Gasteiger charge is -2.32. The van der Waals surface area contributed by atoms with Crippen LogP contribution < -0.4 is 25.4 Å². The molecule has 2 heterocycles. The van der Waals surface area contributed by atoms with Gasteiger partial charge in [0.15, 0.2) is 17.5 Å². The highest BCUT2D eigenvalue weighted by Crippen LogP contribution is 2.43. The van der Waals surface area contributed by atoms with E-state index in [1.165, 1.54) is 24.0 Å². The molecule has 7 nitrogen and oxygen atoms in total. The fourth-order valence-corrected chi connectivity index (χ4v) is 5.37. The van der Waals surface area contributed by atoms with Gasteiger partial charge in [-0.2, -0.15) is 0 Å². The van der Waals surface area contributed by atoms with Crippen molar-refractivity contribution in [2.75, 3.05) is 38.7 Å². The predicted molar refractivity (Wildman–Crippen MR) is 129 cm³/mol. The Labute approximate surface area is 195 Å². The Kier molecular flexibility index (Phi) is 6.11. The molecule has 3 N–H and O–H groups in total. The third-order valence-electron chi connectivity index (χ3n) is 7.16. The molecule has 1 saturated carbocycles. The van der Waals surface area contributed by atoms with Gasteiger partial charge in [-0.25, -0.2) is 0 Å². The van der Waals surface area contributed by atoms with E-state index in [2.05, 4.69) is 39.1 Å². The molecule has 33 heavy (non-hydrogen) atoms. The maximum atomic E-state index is 12.1. The number of aliphatic imine (C=N–C) groups is 1. The first-order chi connectivity index (χ1) is 16.2. The summed E-state index contributed by atoms with van der Waals surface area (Å²) in [5, 5.41) is 10.00. The van der Waals surface area contributed by atoms with Gasteiger partial charge in [0.2, 0.25) is 5.91 Å². The van der Waals surface area contributed by atoms with Crippen LogP contribution in [0, 0.1) is 0 Å². The van der Waals surface area contributed by atoms with Crippen LogP contribution in [0.2, 0.25) is 0 Å². The molecule has 0 radical (unpaired) electrons. The molecule has 2 aliphatic heterocycles. The third kappa shape index (κ3) is 4.49. The summed E-state index contributed by atoms with van der Waals surface area (Å²) in [5.41, 5.74) is 3.42. The second-order valence-corrected chi connectivity index (χ2v) is 9.19. The number of ether oxygens (including phenoxy) is 2. The molecule has 3 aliphatic rings. The fraction of sp³-hybridized carbons (Fsp3) is 0.462. The quantitative estimate of drug-likeness (QED) is 0.481. The van der Waals surface area contributed by atoms with Crippen LogP contribution in [0.15, 0.2) is 47.5 Å². The lowest BCUT2D eigenvalue weighted by molar-refractivity contribution is -0.116. The summed E-state index contributed by atoms with van der Waals surface area (Å²) in [5.74, 6) is 2.63. The first kappa shape index (κ1) is 21.6. The van der Waals surface area contributed by atoms with E-state index in [1.807, 2.05) is 24.3 Å². The lowest BCUT2D eigenvalue weighted by Crippen LogP contribution is -2.46. The number of carbonyl (C=O) groups excluding carboxylic acids is 1. The fourth-order valence-electron chi connectivity index (χ4n) is 5.37. The SMILES string of the molecule is CN=C(NCC1CC(=O)Nc2ccccc21)NCC1(c2ccc3c(c2)OCCO3)CCCC1. The van der Waals surface area contributed by atoms with Crippen molar-refractivity contribution in [1.29, 1.82) is 0 Å². The Bertz CT molecular complexity index is 1050. The van der Waals surface area contributed by atoms with E-state index in [9.17, 15) is 4.79 Å². The number of nitrogens with zero attached hydrogens (tertiary/aromatic N) is 1. The molecule has 1 fully saturated rings. The predicted octanol–water partition coefficient (Wildman–Crippen LogP) is 3.56. The average Bonchev–Trinajstić information content (AvgIpc) is 3.34. The summed E-state index contributed by atoms with van der Waals surface area (Å²) >= 11 is 0. The smallest absolute Gasteiger partial charge is 0.225 e. The zero-order chi connectivity index (χ0) is 22.7. The number of anilines is 1. The summed E-state index contributed by atoms with van der Waals surface area (Å²) in [6, 6.07) is 14.4. The largest absolute Gasteiger partial charge is 0.486 e. The van der Waals surface area contributed by atoms with Crippen molar-refractivity contribution < 1.29 is 14.3 Å². The minimum Gasteiger partial charge on any atom is -0.486 e. The van der Waals surface area contributed by atoms with Crippen LogP contribution in [-0.2, 0) is 10.2 Å². The standard InChI is InChI=1S/C26H32N4O3/c1-27-25(28-16-18-14-24(31)30-21-7-3-2-6-20(18)21)29-17-26(10-4-5-11-26)19-8-9-22-23(15-19)33-13-12-32-22/h2-3,6-9,15,18H,4-5,10-14,16-17H2,1H3,(H,30,31)(H2,27,28,29). The van der Waals surface area contributed by atoms with Gasteiger partial charge in [0.1, 0.15) is 13.2 Å². The normalized spacial score (nSPS) is 21.2. The number of amides is 1. The van der Waals surface area contributed by atoms with Gasteiger partial charge in [-0.05, 0) is 42.2 Å². The molecular formula is C26H32N4O3. The van der Waals surface area contributed by atoms with Crippen LogP contribution in [-0.4, -0.2) is 45.2 Å². The zero-order valence-corrected chi connectivity index (χ0v) is 19.2. The molecule has 0 spiro atoms. The summed E-state index contributed by atoms with van der Waals surface area (Å²) in [7, 11) is 1.79. The Hall–Kier alpha value is -3.22. The van der Waals surface area contributed by atoms with E-state index in [1.54, 1.807) is 7.05 Å². The molecular weight excluding hydrogens is 416 g/mol. The van der Waals surface area contributed by atoms with Gasteiger partial charge in [0.05, 0.1) is 0 Å². The van der Waals surface area contributed by atoms with Gasteiger partial charge >= 0.3 is 0 Å². The summed E-state index contributed by atoms with van der Waals surface area (Å²) in [6.45, 7) is 2.66. The van der Waals surface area contributed by atoms with Crippen LogP contribution in [0.5, 0.6) is 11.5 Å². The van der Waals surface area contributed by atoms with Gasteiger partial charge in [0.25, 0.3) is 0 Å². The molecule has 2 aromatic carbocycles. The third-order valence-corrected chi connectivity index (χ3v) is 7.16. The van der Waals surface area contributed by atoms with E-state index in [0.717, 1.165) is 42.5 Å². The van der Waals surface area contributed by atoms with Crippen LogP contribution in [0.1, 0.15) is 49.1 Å². The molecule has 0 aromatic heterocycles. The lowest BCUT2D eigenvalue weighted by atomic mass is 9.78. The second kappa shape index (κ2) is 9.33. The number of fused-ring (bicyclic) bond motifs is 2. The Morgan fingerprint density at radius 1 is 1.09 bits per heavy atom. The first-order valence-corrected chi connectivity index (χ1v) is 11.9. The Morgan fingerprint density at radius 2 is 1.88 bits per heavy atom. The molecule has 174 valence electrons. The number of rotatable bonds is 5. The topological polar surface area (TPSA) is 84.0 Å². The molecule has 1 amide bonds. The van der Waals surface area contributed by atoms with Crippen molar-refractivity contribution >= 4 is 17.6 Å². The molecule has 1 unspecified atom stereocenters. The van der Waals surface area contributed by atoms with Crippen molar-refractivity contribution in [3.8, 4) is 11.5 Å². The molecule has 1 atom stereocenters. The number of para-hydroxylation sites is 1. The minimum atomic E-state index is 0.0464. The van der Waals surface area contributed by atoms with E-state index >= 15 is 0 Å². The van der Waals surface area contributed by atoms with Crippen molar-refractivity contribution in [1.82, 2.24) is 10.6 Å². The van der Waals surface area contributed by atoms with Gasteiger partial charge in [-0.15, -0.1) is 0 Å². The van der Waals surface area contributed by atoms with Gasteiger partial charge in [-0.1, -0.05) is 37.1 Å². The van der Waals surface area contributed by atoms with Crippen molar-refractivity contribution in [2.45, 2.75) is 43.4 Å². The highest BCUT2D eigenvalue weighted by atomic mass is 16.6. The maximum absolute atomic E-state index is 12.1. The second-order valence-electron chi connectivity index (χ2n) is 9.19. The van der Waals surface area contributed by atoms with Crippen molar-refractivity contribution in [2.24, 2.45) is 4.99 Å². The Balaban J connectivity index is 1.26.